The molecule has 1 aromatic carbocycles. The van der Waals surface area contributed by atoms with Crippen molar-refractivity contribution in [2.45, 2.75) is 18.6 Å². The highest BCUT2D eigenvalue weighted by Crippen LogP contribution is 2.19. The molecule has 5 heteroatoms. The minimum atomic E-state index is -1.02. The molecule has 0 heterocycles. The van der Waals surface area contributed by atoms with Crippen molar-refractivity contribution < 1.29 is 19.4 Å². The van der Waals surface area contributed by atoms with Crippen molar-refractivity contribution in [3.63, 3.8) is 0 Å². The molecular weight excluding hydrogens is 237 g/mol. The Kier molecular flexibility index (Phi) is 5.48. The third kappa shape index (κ3) is 4.27. The Labute approximate surface area is 105 Å². The van der Waals surface area contributed by atoms with Crippen LogP contribution in [0.1, 0.15) is 18.1 Å². The smallest absolute Gasteiger partial charge is 0.305 e. The maximum atomic E-state index is 12.8. The first kappa shape index (κ1) is 14.3. The van der Waals surface area contributed by atoms with Gasteiger partial charge in [-0.1, -0.05) is 18.2 Å². The second-order valence-corrected chi connectivity index (χ2v) is 3.90. The molecule has 1 aromatic rings. The van der Waals surface area contributed by atoms with Crippen molar-refractivity contribution in [2.75, 3.05) is 6.54 Å². The highest BCUT2D eigenvalue weighted by molar-refractivity contribution is 5.67. The molecule has 0 radical (unpaired) electrons. The zero-order valence-corrected chi connectivity index (χ0v) is 9.84. The highest BCUT2D eigenvalue weighted by atomic mass is 19.1. The van der Waals surface area contributed by atoms with Crippen molar-refractivity contribution in [2.24, 2.45) is 0 Å². The maximum absolute atomic E-state index is 12.8. The summed E-state index contributed by atoms with van der Waals surface area (Å²) in [4.78, 5) is 10.7. The molecule has 18 heavy (non-hydrogen) atoms. The molecule has 0 saturated carbocycles. The molecule has 0 aliphatic rings. The largest absolute Gasteiger partial charge is 0.481 e. The molecule has 0 aromatic heterocycles. The first-order chi connectivity index (χ1) is 8.54. The average molecular weight is 253 g/mol. The third-order valence-electron chi connectivity index (χ3n) is 2.51. The Morgan fingerprint density at radius 2 is 2.06 bits per heavy atom. The van der Waals surface area contributed by atoms with Gasteiger partial charge in [0.2, 0.25) is 0 Å². The minimum absolute atomic E-state index is 0.230. The molecule has 0 fully saturated rings. The second-order valence-electron chi connectivity index (χ2n) is 3.90. The predicted molar refractivity (Wildman–Crippen MR) is 65.6 cm³/mol. The first-order valence-corrected chi connectivity index (χ1v) is 5.54. The Balaban J connectivity index is 2.79. The summed E-state index contributed by atoms with van der Waals surface area (Å²) in [5.41, 5.74) is 0.471. The van der Waals surface area contributed by atoms with Gasteiger partial charge in [0.15, 0.2) is 0 Å². The van der Waals surface area contributed by atoms with E-state index in [1.807, 2.05) is 0 Å². The van der Waals surface area contributed by atoms with Crippen molar-refractivity contribution in [1.29, 1.82) is 0 Å². The van der Waals surface area contributed by atoms with Gasteiger partial charge in [-0.2, -0.15) is 0 Å². The van der Waals surface area contributed by atoms with E-state index < -0.39 is 23.9 Å². The third-order valence-corrected chi connectivity index (χ3v) is 2.51. The minimum Gasteiger partial charge on any atom is -0.481 e. The van der Waals surface area contributed by atoms with Gasteiger partial charge in [-0.05, 0) is 17.7 Å². The molecule has 2 unspecified atom stereocenters. The lowest BCUT2D eigenvalue weighted by atomic mass is 9.99. The molecule has 0 saturated heterocycles. The highest BCUT2D eigenvalue weighted by Gasteiger charge is 2.22. The number of carbonyl (C=O) groups is 1. The van der Waals surface area contributed by atoms with E-state index in [0.29, 0.717) is 12.1 Å². The summed E-state index contributed by atoms with van der Waals surface area (Å²) < 4.78 is 12.8. The summed E-state index contributed by atoms with van der Waals surface area (Å²) in [7, 11) is 0. The quantitative estimate of drug-likeness (QED) is 0.644. The number of aliphatic carboxylic acids is 1. The van der Waals surface area contributed by atoms with Gasteiger partial charge in [-0.3, -0.25) is 4.79 Å². The van der Waals surface area contributed by atoms with Crippen molar-refractivity contribution in [1.82, 2.24) is 5.32 Å². The van der Waals surface area contributed by atoms with Crippen LogP contribution in [0.5, 0.6) is 0 Å². The van der Waals surface area contributed by atoms with Crippen LogP contribution in [-0.4, -0.2) is 28.8 Å². The van der Waals surface area contributed by atoms with Crippen LogP contribution in [0.4, 0.5) is 4.39 Å². The van der Waals surface area contributed by atoms with Gasteiger partial charge < -0.3 is 15.5 Å². The molecular formula is C13H16FNO3. The molecule has 0 aliphatic heterocycles. The number of benzene rings is 1. The van der Waals surface area contributed by atoms with E-state index in [1.165, 1.54) is 24.3 Å². The van der Waals surface area contributed by atoms with Crippen LogP contribution in [0, 0.1) is 5.82 Å². The van der Waals surface area contributed by atoms with Gasteiger partial charge in [0, 0.05) is 12.6 Å². The van der Waals surface area contributed by atoms with Crippen LogP contribution >= 0.6 is 0 Å². The number of hydrogen-bond acceptors (Lipinski definition) is 3. The SMILES string of the molecule is C=CCNC(CC(=O)O)C(O)c1ccc(F)cc1. The van der Waals surface area contributed by atoms with Gasteiger partial charge in [-0.15, -0.1) is 6.58 Å². The summed E-state index contributed by atoms with van der Waals surface area (Å²) >= 11 is 0. The van der Waals surface area contributed by atoms with E-state index in [-0.39, 0.29) is 6.42 Å². The molecule has 4 nitrogen and oxygen atoms in total. The maximum Gasteiger partial charge on any atom is 0.305 e. The van der Waals surface area contributed by atoms with E-state index in [0.717, 1.165) is 0 Å². The van der Waals surface area contributed by atoms with E-state index >= 15 is 0 Å². The van der Waals surface area contributed by atoms with Gasteiger partial charge in [0.05, 0.1) is 12.5 Å². The Morgan fingerprint density at radius 1 is 1.44 bits per heavy atom. The number of carboxylic acids is 1. The number of halogens is 1. The monoisotopic (exact) mass is 253 g/mol. The summed E-state index contributed by atoms with van der Waals surface area (Å²) in [5.74, 6) is -1.42. The molecule has 0 spiro atoms. The number of aliphatic hydroxyl groups excluding tert-OH is 1. The lowest BCUT2D eigenvalue weighted by Crippen LogP contribution is -2.37. The van der Waals surface area contributed by atoms with Crippen molar-refractivity contribution >= 4 is 5.97 Å². The lowest BCUT2D eigenvalue weighted by Gasteiger charge is -2.22. The standard InChI is InChI=1S/C13H16FNO3/c1-2-7-15-11(8-12(16)17)13(18)9-3-5-10(14)6-4-9/h2-6,11,13,15,18H,1,7-8H2,(H,16,17). The van der Waals surface area contributed by atoms with Crippen LogP contribution in [0.2, 0.25) is 0 Å². The fourth-order valence-corrected chi connectivity index (χ4v) is 1.61. The molecule has 0 aliphatic carbocycles. The Morgan fingerprint density at radius 3 is 2.56 bits per heavy atom. The van der Waals surface area contributed by atoms with Gasteiger partial charge >= 0.3 is 5.97 Å². The van der Waals surface area contributed by atoms with Crippen molar-refractivity contribution in [3.05, 3.63) is 48.3 Å². The van der Waals surface area contributed by atoms with Gasteiger partial charge in [0.25, 0.3) is 0 Å². The molecule has 98 valence electrons. The normalized spacial score (nSPS) is 13.9. The second kappa shape index (κ2) is 6.88. The molecule has 3 N–H and O–H groups in total. The van der Waals surface area contributed by atoms with Crippen molar-refractivity contribution in [3.8, 4) is 0 Å². The predicted octanol–water partition coefficient (Wildman–Crippen LogP) is 1.48. The molecule has 0 amide bonds. The van der Waals surface area contributed by atoms with Crippen LogP contribution in [-0.2, 0) is 4.79 Å². The summed E-state index contributed by atoms with van der Waals surface area (Å²) in [5, 5.41) is 21.7. The number of nitrogens with one attached hydrogen (secondary N) is 1. The molecule has 0 bridgehead atoms. The number of aliphatic hydroxyl groups is 1. The molecule has 1 rings (SSSR count). The van der Waals surface area contributed by atoms with Crippen LogP contribution in [0.3, 0.4) is 0 Å². The van der Waals surface area contributed by atoms with E-state index in [2.05, 4.69) is 11.9 Å². The lowest BCUT2D eigenvalue weighted by molar-refractivity contribution is -0.138. The number of rotatable bonds is 7. The van der Waals surface area contributed by atoms with Gasteiger partial charge in [-0.25, -0.2) is 4.39 Å². The number of hydrogen-bond donors (Lipinski definition) is 3. The number of carboxylic acid groups (broad SMARTS) is 1. The van der Waals surface area contributed by atoms with E-state index in [1.54, 1.807) is 6.08 Å². The Hall–Kier alpha value is -1.72. The average Bonchev–Trinajstić information content (AvgIpc) is 2.34. The van der Waals surface area contributed by atoms with Crippen LogP contribution in [0.25, 0.3) is 0 Å². The summed E-state index contributed by atoms with van der Waals surface area (Å²) in [6, 6.07) is 4.67. The molecule has 2 atom stereocenters. The fourth-order valence-electron chi connectivity index (χ4n) is 1.61. The first-order valence-electron chi connectivity index (χ1n) is 5.54. The fraction of sp³-hybridized carbons (Fsp3) is 0.308. The Bertz CT molecular complexity index is 405. The van der Waals surface area contributed by atoms with Crippen LogP contribution < -0.4 is 5.32 Å². The zero-order valence-electron chi connectivity index (χ0n) is 9.84. The summed E-state index contributed by atoms with van der Waals surface area (Å²) in [6.45, 7) is 3.90. The van der Waals surface area contributed by atoms with Crippen LogP contribution in [0.15, 0.2) is 36.9 Å². The summed E-state index contributed by atoms with van der Waals surface area (Å²) in [6.07, 6.45) is 0.333. The van der Waals surface area contributed by atoms with E-state index in [4.69, 9.17) is 5.11 Å². The van der Waals surface area contributed by atoms with E-state index in [9.17, 15) is 14.3 Å². The van der Waals surface area contributed by atoms with Gasteiger partial charge in [0.1, 0.15) is 5.82 Å². The topological polar surface area (TPSA) is 69.6 Å². The zero-order chi connectivity index (χ0) is 13.5.